The number of alkyl halides is 3. The maximum Gasteiger partial charge on any atom is 0.268 e. The van der Waals surface area contributed by atoms with Crippen LogP contribution in [-0.2, 0) is 3.79 Å². The normalized spacial score (nSPS) is 12.5. The van der Waals surface area contributed by atoms with Gasteiger partial charge in [-0.1, -0.05) is 34.8 Å². The number of halogens is 3. The number of nitrogens with zero attached hydrogens (tertiary/aromatic N) is 2. The fourth-order valence-electron chi connectivity index (χ4n) is 1.70. The van der Waals surface area contributed by atoms with Crippen molar-refractivity contribution in [1.82, 2.24) is 10.2 Å². The van der Waals surface area contributed by atoms with Crippen molar-refractivity contribution in [2.24, 2.45) is 0 Å². The summed E-state index contributed by atoms with van der Waals surface area (Å²) in [5.41, 5.74) is 0.653. The lowest BCUT2D eigenvalue weighted by Crippen LogP contribution is -1.99. The van der Waals surface area contributed by atoms with Gasteiger partial charge in [-0.3, -0.25) is 0 Å². The standard InChI is InChI=1S/C13H7Cl3N2O3/c14-13(15,16)12-18-17-11(21-12)4-2-9-6-7-5-8(19)1-3-10(7)20-9/h1-6,19H/b4-2+. The number of benzene rings is 1. The molecule has 0 radical (unpaired) electrons. The number of phenols is 1. The Labute approximate surface area is 133 Å². The van der Waals surface area contributed by atoms with E-state index >= 15 is 0 Å². The van der Waals surface area contributed by atoms with E-state index in [4.69, 9.17) is 43.6 Å². The molecular weight excluding hydrogens is 339 g/mol. The molecular formula is C13H7Cl3N2O3. The number of furan rings is 1. The van der Waals surface area contributed by atoms with Gasteiger partial charge in [0.1, 0.15) is 17.1 Å². The molecule has 0 fully saturated rings. The van der Waals surface area contributed by atoms with Crippen LogP contribution in [0.15, 0.2) is 33.1 Å². The van der Waals surface area contributed by atoms with E-state index < -0.39 is 3.79 Å². The Morgan fingerprint density at radius 3 is 2.57 bits per heavy atom. The largest absolute Gasteiger partial charge is 0.508 e. The predicted octanol–water partition coefficient (Wildman–Crippen LogP) is 4.52. The van der Waals surface area contributed by atoms with Crippen LogP contribution in [0.3, 0.4) is 0 Å². The third kappa shape index (κ3) is 3.15. The molecule has 0 spiro atoms. The van der Waals surface area contributed by atoms with Gasteiger partial charge < -0.3 is 13.9 Å². The molecule has 0 aliphatic heterocycles. The van der Waals surface area contributed by atoms with Gasteiger partial charge >= 0.3 is 0 Å². The molecule has 0 bridgehead atoms. The Bertz CT molecular complexity index is 818. The van der Waals surface area contributed by atoms with Gasteiger partial charge in [-0.25, -0.2) is 0 Å². The summed E-state index contributed by atoms with van der Waals surface area (Å²) >= 11 is 16.9. The number of rotatable bonds is 2. The number of fused-ring (bicyclic) bond motifs is 1. The van der Waals surface area contributed by atoms with Crippen LogP contribution in [0.2, 0.25) is 0 Å². The Balaban J connectivity index is 1.85. The average Bonchev–Trinajstić information content (AvgIpc) is 3.01. The van der Waals surface area contributed by atoms with Crippen molar-refractivity contribution in [3.63, 3.8) is 0 Å². The van der Waals surface area contributed by atoms with Crippen LogP contribution in [0.25, 0.3) is 23.1 Å². The van der Waals surface area contributed by atoms with E-state index in [0.29, 0.717) is 11.3 Å². The molecule has 0 saturated carbocycles. The second kappa shape index (κ2) is 5.26. The van der Waals surface area contributed by atoms with Crippen molar-refractivity contribution < 1.29 is 13.9 Å². The molecule has 2 heterocycles. The molecule has 5 nitrogen and oxygen atoms in total. The van der Waals surface area contributed by atoms with Gasteiger partial charge in [0.25, 0.3) is 9.68 Å². The lowest BCUT2D eigenvalue weighted by molar-refractivity contribution is 0.476. The van der Waals surface area contributed by atoms with Gasteiger partial charge in [0.05, 0.1) is 0 Å². The van der Waals surface area contributed by atoms with Crippen molar-refractivity contribution in [2.75, 3.05) is 0 Å². The highest BCUT2D eigenvalue weighted by Gasteiger charge is 2.29. The van der Waals surface area contributed by atoms with Crippen molar-refractivity contribution >= 4 is 57.9 Å². The summed E-state index contributed by atoms with van der Waals surface area (Å²) in [5, 5.41) is 17.5. The van der Waals surface area contributed by atoms with E-state index in [2.05, 4.69) is 10.2 Å². The zero-order valence-electron chi connectivity index (χ0n) is 10.3. The third-order valence-corrected chi connectivity index (χ3v) is 3.08. The lowest BCUT2D eigenvalue weighted by Gasteiger charge is -2.01. The molecule has 3 rings (SSSR count). The maximum absolute atomic E-state index is 9.40. The molecule has 3 aromatic rings. The zero-order valence-corrected chi connectivity index (χ0v) is 12.5. The predicted molar refractivity (Wildman–Crippen MR) is 80.3 cm³/mol. The number of aromatic hydroxyl groups is 1. The van der Waals surface area contributed by atoms with Crippen LogP contribution in [0.1, 0.15) is 17.5 Å². The Kier molecular flexibility index (Phi) is 3.57. The minimum atomic E-state index is -1.75. The smallest absolute Gasteiger partial charge is 0.268 e. The van der Waals surface area contributed by atoms with Gasteiger partial charge in [-0.15, -0.1) is 10.2 Å². The first-order valence-electron chi connectivity index (χ1n) is 5.73. The summed E-state index contributed by atoms with van der Waals surface area (Å²) in [6, 6.07) is 6.59. The number of hydrogen-bond donors (Lipinski definition) is 1. The number of hydrogen-bond acceptors (Lipinski definition) is 5. The first kappa shape index (κ1) is 14.3. The SMILES string of the molecule is Oc1ccc2oc(/C=C/c3nnc(C(Cl)(Cl)Cl)o3)cc2c1. The van der Waals surface area contributed by atoms with Crippen LogP contribution in [0.4, 0.5) is 0 Å². The Hall–Kier alpha value is -1.69. The van der Waals surface area contributed by atoms with Gasteiger partial charge in [-0.2, -0.15) is 0 Å². The molecule has 108 valence electrons. The molecule has 0 amide bonds. The van der Waals surface area contributed by atoms with E-state index in [1.54, 1.807) is 30.3 Å². The molecule has 0 saturated heterocycles. The van der Waals surface area contributed by atoms with Gasteiger partial charge in [0.2, 0.25) is 5.89 Å². The molecule has 1 aromatic carbocycles. The van der Waals surface area contributed by atoms with E-state index in [1.165, 1.54) is 6.08 Å². The monoisotopic (exact) mass is 344 g/mol. The summed E-state index contributed by atoms with van der Waals surface area (Å²) in [4.78, 5) is 0. The zero-order chi connectivity index (χ0) is 15.0. The summed E-state index contributed by atoms with van der Waals surface area (Å²) in [7, 11) is 0. The van der Waals surface area contributed by atoms with Crippen LogP contribution in [0.5, 0.6) is 5.75 Å². The third-order valence-electron chi connectivity index (χ3n) is 2.59. The summed E-state index contributed by atoms with van der Waals surface area (Å²) < 4.78 is 8.98. The average molecular weight is 346 g/mol. The highest BCUT2D eigenvalue weighted by Crippen LogP contribution is 2.37. The van der Waals surface area contributed by atoms with E-state index in [1.807, 2.05) is 0 Å². The van der Waals surface area contributed by atoms with Crippen LogP contribution in [0, 0.1) is 0 Å². The summed E-state index contributed by atoms with van der Waals surface area (Å²) in [5.74, 6) is 0.800. The highest BCUT2D eigenvalue weighted by atomic mass is 35.6. The summed E-state index contributed by atoms with van der Waals surface area (Å²) in [6.45, 7) is 0. The first-order chi connectivity index (χ1) is 9.91. The van der Waals surface area contributed by atoms with E-state index in [-0.39, 0.29) is 17.5 Å². The Morgan fingerprint density at radius 1 is 1.05 bits per heavy atom. The van der Waals surface area contributed by atoms with Crippen LogP contribution < -0.4 is 0 Å². The van der Waals surface area contributed by atoms with Crippen molar-refractivity contribution in [2.45, 2.75) is 3.79 Å². The molecule has 1 N–H and O–H groups in total. The maximum atomic E-state index is 9.40. The second-order valence-electron chi connectivity index (χ2n) is 4.15. The minimum Gasteiger partial charge on any atom is -0.508 e. The fraction of sp³-hybridized carbons (Fsp3) is 0.0769. The van der Waals surface area contributed by atoms with Gasteiger partial charge in [0, 0.05) is 11.5 Å². The van der Waals surface area contributed by atoms with Crippen LogP contribution >= 0.6 is 34.8 Å². The van der Waals surface area contributed by atoms with Crippen molar-refractivity contribution in [1.29, 1.82) is 0 Å². The molecule has 0 aliphatic rings. The van der Waals surface area contributed by atoms with E-state index in [0.717, 1.165) is 5.39 Å². The second-order valence-corrected chi connectivity index (χ2v) is 6.43. The molecule has 0 unspecified atom stereocenters. The van der Waals surface area contributed by atoms with Crippen molar-refractivity contribution in [3.05, 3.63) is 41.8 Å². The molecule has 0 aliphatic carbocycles. The Morgan fingerprint density at radius 2 is 1.86 bits per heavy atom. The quantitative estimate of drug-likeness (QED) is 0.691. The topological polar surface area (TPSA) is 72.3 Å². The molecule has 21 heavy (non-hydrogen) atoms. The lowest BCUT2D eigenvalue weighted by atomic mass is 10.2. The molecule has 0 atom stereocenters. The van der Waals surface area contributed by atoms with E-state index in [9.17, 15) is 5.11 Å². The minimum absolute atomic E-state index is 0.110. The number of aromatic nitrogens is 2. The molecule has 8 heteroatoms. The highest BCUT2D eigenvalue weighted by molar-refractivity contribution is 6.66. The van der Waals surface area contributed by atoms with Gasteiger partial charge in [-0.05, 0) is 30.3 Å². The summed E-state index contributed by atoms with van der Waals surface area (Å²) in [6.07, 6.45) is 3.16. The van der Waals surface area contributed by atoms with Crippen molar-refractivity contribution in [3.8, 4) is 5.75 Å². The van der Waals surface area contributed by atoms with Gasteiger partial charge in [0.15, 0.2) is 0 Å². The fourth-order valence-corrected chi connectivity index (χ4v) is 1.93. The molecule has 2 aromatic heterocycles. The number of phenolic OH excluding ortho intramolecular Hbond substituents is 1. The van der Waals surface area contributed by atoms with Crippen LogP contribution in [-0.4, -0.2) is 15.3 Å². The first-order valence-corrected chi connectivity index (χ1v) is 6.86.